The number of carbonyl (C=O) groups excluding carboxylic acids is 1. The fourth-order valence-electron chi connectivity index (χ4n) is 1.79. The van der Waals surface area contributed by atoms with Gasteiger partial charge >= 0.3 is 0 Å². The Bertz CT molecular complexity index is 396. The third-order valence-corrected chi connectivity index (χ3v) is 3.30. The van der Waals surface area contributed by atoms with Crippen molar-refractivity contribution in [1.82, 2.24) is 15.2 Å². The van der Waals surface area contributed by atoms with Gasteiger partial charge in [-0.1, -0.05) is 0 Å². The van der Waals surface area contributed by atoms with Gasteiger partial charge in [-0.2, -0.15) is 0 Å². The number of carbonyl (C=O) groups is 1. The van der Waals surface area contributed by atoms with Gasteiger partial charge in [-0.3, -0.25) is 10.1 Å². The molecule has 17 heavy (non-hydrogen) atoms. The Kier molecular flexibility index (Phi) is 3.39. The largest absolute Gasteiger partial charge is 0.338 e. The number of halogens is 2. The van der Waals surface area contributed by atoms with Crippen LogP contribution in [-0.4, -0.2) is 41.3 Å². The van der Waals surface area contributed by atoms with Crippen molar-refractivity contribution in [3.8, 4) is 0 Å². The average Bonchev–Trinajstić information content (AvgIpc) is 2.86. The molecule has 1 fully saturated rings. The highest BCUT2D eigenvalue weighted by atomic mass is 32.1. The van der Waals surface area contributed by atoms with Crippen molar-refractivity contribution in [3.05, 3.63) is 16.6 Å². The lowest BCUT2D eigenvalue weighted by Gasteiger charge is -2.20. The molecule has 0 saturated carbocycles. The molecule has 1 amide bonds. The van der Waals surface area contributed by atoms with E-state index in [0.717, 1.165) is 5.69 Å². The molecule has 1 aromatic rings. The summed E-state index contributed by atoms with van der Waals surface area (Å²) in [5, 5.41) is 4.38. The van der Waals surface area contributed by atoms with Crippen molar-refractivity contribution in [2.45, 2.75) is 24.9 Å². The summed E-state index contributed by atoms with van der Waals surface area (Å²) in [7, 11) is 1.60. The molecule has 2 heterocycles. The molecule has 0 aromatic carbocycles. The van der Waals surface area contributed by atoms with Gasteiger partial charge in [0.15, 0.2) is 0 Å². The third kappa shape index (κ3) is 2.98. The smallest absolute Gasteiger partial charge is 0.262 e. The lowest BCUT2D eigenvalue weighted by atomic mass is 10.1. The summed E-state index contributed by atoms with van der Waals surface area (Å²) < 4.78 is 25.9. The van der Waals surface area contributed by atoms with E-state index in [4.69, 9.17) is 0 Å². The molecule has 1 saturated heterocycles. The van der Waals surface area contributed by atoms with E-state index in [-0.39, 0.29) is 5.91 Å². The molecule has 0 bridgehead atoms. The number of amides is 1. The van der Waals surface area contributed by atoms with Gasteiger partial charge in [-0.05, 0) is 0 Å². The van der Waals surface area contributed by atoms with Crippen LogP contribution in [0.5, 0.6) is 0 Å². The highest BCUT2D eigenvalue weighted by molar-refractivity contribution is 7.07. The fourth-order valence-corrected chi connectivity index (χ4v) is 2.34. The van der Waals surface area contributed by atoms with Gasteiger partial charge in [0.1, 0.15) is 0 Å². The topological polar surface area (TPSA) is 45.2 Å². The molecule has 1 N–H and O–H groups in total. The minimum atomic E-state index is -2.78. The Hall–Kier alpha value is -1.08. The lowest BCUT2D eigenvalue weighted by molar-refractivity contribution is -0.133. The number of hydrogen-bond acceptors (Lipinski definition) is 4. The summed E-state index contributed by atoms with van der Waals surface area (Å²) in [5.74, 6) is -3.09. The van der Waals surface area contributed by atoms with E-state index in [1.165, 1.54) is 16.2 Å². The van der Waals surface area contributed by atoms with Gasteiger partial charge in [0, 0.05) is 18.8 Å². The van der Waals surface area contributed by atoms with Crippen LogP contribution in [0.3, 0.4) is 0 Å². The van der Waals surface area contributed by atoms with Gasteiger partial charge in [0.25, 0.3) is 5.92 Å². The minimum Gasteiger partial charge on any atom is -0.338 e. The van der Waals surface area contributed by atoms with Crippen LogP contribution < -0.4 is 5.32 Å². The Morgan fingerprint density at radius 1 is 1.76 bits per heavy atom. The lowest BCUT2D eigenvalue weighted by Crippen LogP contribution is -2.41. The van der Waals surface area contributed by atoms with Gasteiger partial charge < -0.3 is 4.90 Å². The van der Waals surface area contributed by atoms with Crippen LogP contribution >= 0.6 is 11.3 Å². The predicted octanol–water partition coefficient (Wildman–Crippen LogP) is 1.10. The Morgan fingerprint density at radius 2 is 2.53 bits per heavy atom. The molecular formula is C10H13F2N3OS. The van der Waals surface area contributed by atoms with Gasteiger partial charge in [-0.15, -0.1) is 11.3 Å². The zero-order valence-corrected chi connectivity index (χ0v) is 10.1. The van der Waals surface area contributed by atoms with Gasteiger partial charge in [0.05, 0.1) is 30.3 Å². The zero-order valence-electron chi connectivity index (χ0n) is 9.32. The van der Waals surface area contributed by atoms with E-state index >= 15 is 0 Å². The SMILES string of the molecule is CN(Cc1cscn1)C(=O)C1CC(F)(F)CN1. The first kappa shape index (κ1) is 12.4. The fraction of sp³-hybridized carbons (Fsp3) is 0.600. The maximum Gasteiger partial charge on any atom is 0.262 e. The number of alkyl halides is 2. The first-order valence-corrected chi connectivity index (χ1v) is 6.15. The predicted molar refractivity (Wildman–Crippen MR) is 59.9 cm³/mol. The summed E-state index contributed by atoms with van der Waals surface area (Å²) in [6.07, 6.45) is -0.423. The van der Waals surface area contributed by atoms with Crippen molar-refractivity contribution in [2.75, 3.05) is 13.6 Å². The summed E-state index contributed by atoms with van der Waals surface area (Å²) in [4.78, 5) is 17.3. The molecular weight excluding hydrogens is 248 g/mol. The maximum atomic E-state index is 13.0. The van der Waals surface area contributed by atoms with Crippen molar-refractivity contribution in [3.63, 3.8) is 0 Å². The van der Waals surface area contributed by atoms with Gasteiger partial charge in [0.2, 0.25) is 5.91 Å². The standard InChI is InChI=1S/C10H13F2N3OS/c1-15(3-7-4-17-6-14-7)9(16)8-2-10(11,12)5-13-8/h4,6,8,13H,2-3,5H2,1H3. The third-order valence-electron chi connectivity index (χ3n) is 2.67. The maximum absolute atomic E-state index is 13.0. The minimum absolute atomic E-state index is 0.310. The highest BCUT2D eigenvalue weighted by Crippen LogP contribution is 2.26. The van der Waals surface area contributed by atoms with Crippen molar-refractivity contribution in [2.24, 2.45) is 0 Å². The zero-order chi connectivity index (χ0) is 12.5. The van der Waals surface area contributed by atoms with Crippen LogP contribution in [0.1, 0.15) is 12.1 Å². The first-order chi connectivity index (χ1) is 7.98. The Morgan fingerprint density at radius 3 is 3.06 bits per heavy atom. The molecule has 7 heteroatoms. The number of aromatic nitrogens is 1. The van der Waals surface area contributed by atoms with E-state index in [1.54, 1.807) is 12.6 Å². The van der Waals surface area contributed by atoms with Crippen LogP contribution in [-0.2, 0) is 11.3 Å². The number of nitrogens with one attached hydrogen (secondary N) is 1. The van der Waals surface area contributed by atoms with E-state index in [1.807, 2.05) is 5.38 Å². The summed E-state index contributed by atoms with van der Waals surface area (Å²) in [5.41, 5.74) is 2.45. The Balaban J connectivity index is 1.92. The molecule has 1 unspecified atom stereocenters. The molecule has 1 atom stereocenters. The van der Waals surface area contributed by atoms with Crippen LogP contribution in [0.2, 0.25) is 0 Å². The summed E-state index contributed by atoms with van der Waals surface area (Å²) >= 11 is 1.44. The van der Waals surface area contributed by atoms with E-state index in [9.17, 15) is 13.6 Å². The molecule has 1 aliphatic rings. The average molecular weight is 261 g/mol. The number of thiazole rings is 1. The quantitative estimate of drug-likeness (QED) is 0.886. The van der Waals surface area contributed by atoms with Crippen LogP contribution in [0.25, 0.3) is 0 Å². The number of nitrogens with zero attached hydrogens (tertiary/aromatic N) is 2. The normalized spacial score (nSPS) is 22.6. The van der Waals surface area contributed by atoms with Crippen LogP contribution in [0, 0.1) is 0 Å². The van der Waals surface area contributed by atoms with Crippen molar-refractivity contribution in [1.29, 1.82) is 0 Å². The van der Waals surface area contributed by atoms with E-state index in [2.05, 4.69) is 10.3 Å². The van der Waals surface area contributed by atoms with Crippen molar-refractivity contribution < 1.29 is 13.6 Å². The summed E-state index contributed by atoms with van der Waals surface area (Å²) in [6, 6.07) is -0.784. The Labute approximate surface area is 102 Å². The molecule has 4 nitrogen and oxygen atoms in total. The molecule has 1 aliphatic heterocycles. The van der Waals surface area contributed by atoms with Crippen LogP contribution in [0.4, 0.5) is 8.78 Å². The molecule has 0 aliphatic carbocycles. The number of rotatable bonds is 3. The molecule has 94 valence electrons. The summed E-state index contributed by atoms with van der Waals surface area (Å²) in [6.45, 7) is -0.0694. The second kappa shape index (κ2) is 4.66. The second-order valence-electron chi connectivity index (χ2n) is 4.17. The molecule has 0 spiro atoms. The van der Waals surface area contributed by atoms with Gasteiger partial charge in [-0.25, -0.2) is 13.8 Å². The van der Waals surface area contributed by atoms with E-state index < -0.39 is 24.9 Å². The highest BCUT2D eigenvalue weighted by Gasteiger charge is 2.43. The number of hydrogen-bond donors (Lipinski definition) is 1. The van der Waals surface area contributed by atoms with Crippen LogP contribution in [0.15, 0.2) is 10.9 Å². The first-order valence-electron chi connectivity index (χ1n) is 5.21. The monoisotopic (exact) mass is 261 g/mol. The van der Waals surface area contributed by atoms with E-state index in [0.29, 0.717) is 6.54 Å². The molecule has 0 radical (unpaired) electrons. The van der Waals surface area contributed by atoms with Crippen molar-refractivity contribution >= 4 is 17.2 Å². The second-order valence-corrected chi connectivity index (χ2v) is 4.89. The molecule has 1 aromatic heterocycles. The molecule has 2 rings (SSSR count). The number of likely N-dealkylation sites (N-methyl/N-ethyl adjacent to an activating group) is 1.